The SMILES string of the molecule is COc1ccc(C2(NC(=O)N3CCN(C(C)=O)CC3)CC2)cc1OC. The first-order valence-corrected chi connectivity index (χ1v) is 8.54. The highest BCUT2D eigenvalue weighted by Gasteiger charge is 2.47. The predicted octanol–water partition coefficient (Wildman–Crippen LogP) is 1.57. The van der Waals surface area contributed by atoms with Crippen LogP contribution in [0.4, 0.5) is 4.79 Å². The second kappa shape index (κ2) is 6.82. The summed E-state index contributed by atoms with van der Waals surface area (Å²) in [5, 5.41) is 3.17. The van der Waals surface area contributed by atoms with Crippen molar-refractivity contribution in [2.45, 2.75) is 25.3 Å². The standard InChI is InChI=1S/C18H25N3O4/c1-13(22)20-8-10-21(11-9-20)17(23)19-18(6-7-18)14-4-5-15(24-2)16(12-14)25-3/h4-5,12H,6-11H2,1-3H3,(H,19,23). The number of methoxy groups -OCH3 is 2. The fraction of sp³-hybridized carbons (Fsp3) is 0.556. The van der Waals surface area contributed by atoms with E-state index in [-0.39, 0.29) is 17.5 Å². The van der Waals surface area contributed by atoms with Crippen molar-refractivity contribution in [2.24, 2.45) is 0 Å². The molecule has 2 aliphatic rings. The zero-order valence-corrected chi connectivity index (χ0v) is 15.0. The number of ether oxygens (including phenoxy) is 2. The molecule has 0 bridgehead atoms. The van der Waals surface area contributed by atoms with Gasteiger partial charge >= 0.3 is 6.03 Å². The summed E-state index contributed by atoms with van der Waals surface area (Å²) in [6.07, 6.45) is 1.81. The largest absolute Gasteiger partial charge is 0.493 e. The summed E-state index contributed by atoms with van der Waals surface area (Å²) in [5.74, 6) is 1.40. The number of amides is 3. The summed E-state index contributed by atoms with van der Waals surface area (Å²) in [6.45, 7) is 3.87. The van der Waals surface area contributed by atoms with Gasteiger partial charge in [0.2, 0.25) is 5.91 Å². The lowest BCUT2D eigenvalue weighted by atomic mass is 10.0. The number of carbonyl (C=O) groups excluding carboxylic acids is 2. The minimum Gasteiger partial charge on any atom is -0.493 e. The van der Waals surface area contributed by atoms with Crippen LogP contribution < -0.4 is 14.8 Å². The molecule has 0 aromatic heterocycles. The van der Waals surface area contributed by atoms with Crippen molar-refractivity contribution in [3.05, 3.63) is 23.8 Å². The first-order valence-electron chi connectivity index (χ1n) is 8.54. The van der Waals surface area contributed by atoms with Crippen LogP contribution in [0.5, 0.6) is 11.5 Å². The molecule has 0 unspecified atom stereocenters. The van der Waals surface area contributed by atoms with Gasteiger partial charge in [-0.1, -0.05) is 6.07 Å². The summed E-state index contributed by atoms with van der Waals surface area (Å²) in [6, 6.07) is 5.70. The van der Waals surface area contributed by atoms with Crippen LogP contribution in [-0.2, 0) is 10.3 Å². The van der Waals surface area contributed by atoms with Gasteiger partial charge in [-0.25, -0.2) is 4.79 Å². The Morgan fingerprint density at radius 1 is 1.00 bits per heavy atom. The van der Waals surface area contributed by atoms with Crippen LogP contribution in [-0.4, -0.2) is 62.1 Å². The maximum absolute atomic E-state index is 12.6. The van der Waals surface area contributed by atoms with E-state index < -0.39 is 0 Å². The van der Waals surface area contributed by atoms with Crippen molar-refractivity contribution >= 4 is 11.9 Å². The molecular weight excluding hydrogens is 322 g/mol. The van der Waals surface area contributed by atoms with Gasteiger partial charge in [0, 0.05) is 33.1 Å². The van der Waals surface area contributed by atoms with Gasteiger partial charge in [0.1, 0.15) is 0 Å². The van der Waals surface area contributed by atoms with Gasteiger partial charge in [-0.15, -0.1) is 0 Å². The summed E-state index contributed by atoms with van der Waals surface area (Å²) < 4.78 is 10.6. The number of nitrogens with zero attached hydrogens (tertiary/aromatic N) is 2. The number of piperazine rings is 1. The lowest BCUT2D eigenvalue weighted by Gasteiger charge is -2.35. The number of nitrogens with one attached hydrogen (secondary N) is 1. The van der Waals surface area contributed by atoms with Crippen molar-refractivity contribution in [1.29, 1.82) is 0 Å². The fourth-order valence-corrected chi connectivity index (χ4v) is 3.25. The number of urea groups is 1. The van der Waals surface area contributed by atoms with E-state index in [0.717, 1.165) is 18.4 Å². The Hall–Kier alpha value is -2.44. The molecule has 3 amide bonds. The van der Waals surface area contributed by atoms with Crippen LogP contribution in [0.2, 0.25) is 0 Å². The van der Waals surface area contributed by atoms with Crippen molar-refractivity contribution in [1.82, 2.24) is 15.1 Å². The van der Waals surface area contributed by atoms with Gasteiger partial charge in [0.05, 0.1) is 19.8 Å². The topological polar surface area (TPSA) is 71.1 Å². The molecule has 7 heteroatoms. The second-order valence-corrected chi connectivity index (χ2v) is 6.58. The van der Waals surface area contributed by atoms with E-state index in [0.29, 0.717) is 37.7 Å². The summed E-state index contributed by atoms with van der Waals surface area (Å²) >= 11 is 0. The average molecular weight is 347 g/mol. The molecule has 2 fully saturated rings. The third-order valence-corrected chi connectivity index (χ3v) is 5.04. The molecule has 1 saturated carbocycles. The maximum Gasteiger partial charge on any atom is 0.318 e. The van der Waals surface area contributed by atoms with E-state index in [1.807, 2.05) is 18.2 Å². The molecule has 1 heterocycles. The first kappa shape index (κ1) is 17.4. The minimum atomic E-state index is -0.325. The molecule has 1 aromatic carbocycles. The quantitative estimate of drug-likeness (QED) is 0.897. The van der Waals surface area contributed by atoms with Crippen LogP contribution in [0.15, 0.2) is 18.2 Å². The van der Waals surface area contributed by atoms with Gasteiger partial charge in [-0.05, 0) is 30.5 Å². The van der Waals surface area contributed by atoms with E-state index in [2.05, 4.69) is 5.32 Å². The molecule has 1 N–H and O–H groups in total. The van der Waals surface area contributed by atoms with E-state index >= 15 is 0 Å². The van der Waals surface area contributed by atoms with Crippen LogP contribution in [0.1, 0.15) is 25.3 Å². The Labute approximate surface area is 147 Å². The number of hydrogen-bond acceptors (Lipinski definition) is 4. The maximum atomic E-state index is 12.6. The zero-order chi connectivity index (χ0) is 18.0. The highest BCUT2D eigenvalue weighted by atomic mass is 16.5. The predicted molar refractivity (Wildman–Crippen MR) is 92.8 cm³/mol. The molecule has 1 aliphatic carbocycles. The minimum absolute atomic E-state index is 0.0593. The molecular formula is C18H25N3O4. The highest BCUT2D eigenvalue weighted by Crippen LogP contribution is 2.47. The molecule has 1 aliphatic heterocycles. The fourth-order valence-electron chi connectivity index (χ4n) is 3.25. The van der Waals surface area contributed by atoms with Crippen molar-refractivity contribution in [2.75, 3.05) is 40.4 Å². The van der Waals surface area contributed by atoms with Gasteiger partial charge in [-0.2, -0.15) is 0 Å². The molecule has 3 rings (SSSR count). The molecule has 25 heavy (non-hydrogen) atoms. The zero-order valence-electron chi connectivity index (χ0n) is 15.0. The molecule has 136 valence electrons. The lowest BCUT2D eigenvalue weighted by Crippen LogP contribution is -2.54. The first-order chi connectivity index (χ1) is 12.0. The Kier molecular flexibility index (Phi) is 4.74. The van der Waals surface area contributed by atoms with E-state index in [1.54, 1.807) is 30.9 Å². The van der Waals surface area contributed by atoms with Crippen LogP contribution in [0.25, 0.3) is 0 Å². The van der Waals surface area contributed by atoms with Crippen LogP contribution >= 0.6 is 0 Å². The average Bonchev–Trinajstić information content (AvgIpc) is 3.41. The van der Waals surface area contributed by atoms with Crippen molar-refractivity contribution in [3.8, 4) is 11.5 Å². The molecule has 1 aromatic rings. The van der Waals surface area contributed by atoms with E-state index in [4.69, 9.17) is 9.47 Å². The van der Waals surface area contributed by atoms with Crippen LogP contribution in [0, 0.1) is 0 Å². The molecule has 0 spiro atoms. The summed E-state index contributed by atoms with van der Waals surface area (Å²) in [7, 11) is 3.21. The monoisotopic (exact) mass is 347 g/mol. The summed E-state index contributed by atoms with van der Waals surface area (Å²) in [4.78, 5) is 27.6. The van der Waals surface area contributed by atoms with Gasteiger partial charge < -0.3 is 24.6 Å². The molecule has 1 saturated heterocycles. The number of carbonyl (C=O) groups is 2. The molecule has 7 nitrogen and oxygen atoms in total. The molecule has 0 atom stereocenters. The smallest absolute Gasteiger partial charge is 0.318 e. The van der Waals surface area contributed by atoms with E-state index in [9.17, 15) is 9.59 Å². The van der Waals surface area contributed by atoms with Crippen molar-refractivity contribution < 1.29 is 19.1 Å². The Balaban J connectivity index is 1.66. The number of benzene rings is 1. The number of hydrogen-bond donors (Lipinski definition) is 1. The summed E-state index contributed by atoms with van der Waals surface area (Å²) in [5.41, 5.74) is 0.704. The number of rotatable bonds is 4. The normalized spacial score (nSPS) is 18.5. The Morgan fingerprint density at radius 3 is 2.12 bits per heavy atom. The second-order valence-electron chi connectivity index (χ2n) is 6.58. The van der Waals surface area contributed by atoms with Gasteiger partial charge in [-0.3, -0.25) is 4.79 Å². The van der Waals surface area contributed by atoms with Gasteiger partial charge in [0.25, 0.3) is 0 Å². The lowest BCUT2D eigenvalue weighted by molar-refractivity contribution is -0.130. The van der Waals surface area contributed by atoms with Crippen LogP contribution in [0.3, 0.4) is 0 Å². The highest BCUT2D eigenvalue weighted by molar-refractivity contribution is 5.77. The van der Waals surface area contributed by atoms with E-state index in [1.165, 1.54) is 0 Å². The Morgan fingerprint density at radius 2 is 1.60 bits per heavy atom. The molecule has 0 radical (unpaired) electrons. The Bertz CT molecular complexity index is 664. The van der Waals surface area contributed by atoms with Crippen molar-refractivity contribution in [3.63, 3.8) is 0 Å². The third kappa shape index (κ3) is 3.50. The third-order valence-electron chi connectivity index (χ3n) is 5.04. The van der Waals surface area contributed by atoms with Gasteiger partial charge in [0.15, 0.2) is 11.5 Å².